The van der Waals surface area contributed by atoms with E-state index in [1.54, 1.807) is 23.5 Å². The number of carbonyl (C=O) groups is 1. The number of hydrogen-bond acceptors (Lipinski definition) is 3. The highest BCUT2D eigenvalue weighted by molar-refractivity contribution is 7.15. The number of amides is 2. The molecule has 2 heterocycles. The van der Waals surface area contributed by atoms with Gasteiger partial charge in [-0.3, -0.25) is 4.90 Å². The molecule has 0 unspecified atom stereocenters. The van der Waals surface area contributed by atoms with E-state index >= 15 is 0 Å². The summed E-state index contributed by atoms with van der Waals surface area (Å²) in [5.74, 6) is -0.201. The van der Waals surface area contributed by atoms with Crippen LogP contribution < -0.4 is 5.32 Å². The Hall–Kier alpha value is -1.92. The van der Waals surface area contributed by atoms with E-state index in [0.717, 1.165) is 56.0 Å². The van der Waals surface area contributed by atoms with Crippen molar-refractivity contribution in [3.63, 3.8) is 0 Å². The van der Waals surface area contributed by atoms with Crippen molar-refractivity contribution < 1.29 is 9.18 Å². The number of nitrogens with one attached hydrogen (secondary N) is 1. The van der Waals surface area contributed by atoms with Gasteiger partial charge in [-0.2, -0.15) is 0 Å². The molecule has 1 saturated heterocycles. The molecule has 132 valence electrons. The van der Waals surface area contributed by atoms with Crippen LogP contribution in [-0.2, 0) is 6.54 Å². The van der Waals surface area contributed by atoms with Gasteiger partial charge in [0, 0.05) is 48.5 Å². The van der Waals surface area contributed by atoms with Crippen LogP contribution in [0.4, 0.5) is 9.18 Å². The molecule has 0 bridgehead atoms. The summed E-state index contributed by atoms with van der Waals surface area (Å²) in [6.07, 6.45) is 2.25. The first-order valence-electron chi connectivity index (χ1n) is 8.80. The Balaban J connectivity index is 1.31. The van der Waals surface area contributed by atoms with Crippen LogP contribution in [0.25, 0.3) is 10.4 Å². The zero-order valence-electron chi connectivity index (χ0n) is 14.1. The highest BCUT2D eigenvalue weighted by Gasteiger charge is 2.27. The summed E-state index contributed by atoms with van der Waals surface area (Å²) in [4.78, 5) is 18.7. The van der Waals surface area contributed by atoms with Gasteiger partial charge in [-0.25, -0.2) is 9.18 Å². The molecule has 0 radical (unpaired) electrons. The maximum atomic E-state index is 13.4. The van der Waals surface area contributed by atoms with Crippen molar-refractivity contribution in [1.29, 1.82) is 0 Å². The van der Waals surface area contributed by atoms with Crippen LogP contribution in [0.15, 0.2) is 36.4 Å². The molecule has 2 fully saturated rings. The molecule has 0 atom stereocenters. The number of nitrogens with zero attached hydrogens (tertiary/aromatic N) is 2. The van der Waals surface area contributed by atoms with E-state index in [9.17, 15) is 9.18 Å². The van der Waals surface area contributed by atoms with Gasteiger partial charge in [-0.15, -0.1) is 11.3 Å². The normalized spacial score (nSPS) is 18.4. The first kappa shape index (κ1) is 16.5. The van der Waals surface area contributed by atoms with Crippen LogP contribution in [0.5, 0.6) is 0 Å². The van der Waals surface area contributed by atoms with E-state index in [1.807, 2.05) is 11.0 Å². The largest absolute Gasteiger partial charge is 0.335 e. The van der Waals surface area contributed by atoms with Gasteiger partial charge in [-0.1, -0.05) is 12.1 Å². The van der Waals surface area contributed by atoms with Gasteiger partial charge in [-0.05, 0) is 42.7 Å². The fraction of sp³-hybridized carbons (Fsp3) is 0.421. The summed E-state index contributed by atoms with van der Waals surface area (Å²) in [5, 5.41) is 3.05. The molecule has 1 aliphatic heterocycles. The van der Waals surface area contributed by atoms with Crippen molar-refractivity contribution in [2.75, 3.05) is 26.2 Å². The van der Waals surface area contributed by atoms with E-state index in [4.69, 9.17) is 0 Å². The monoisotopic (exact) mass is 359 g/mol. The summed E-state index contributed by atoms with van der Waals surface area (Å²) in [6.45, 7) is 4.23. The van der Waals surface area contributed by atoms with Crippen molar-refractivity contribution >= 4 is 17.4 Å². The number of carbonyl (C=O) groups excluding carboxylic acids is 1. The van der Waals surface area contributed by atoms with E-state index in [-0.39, 0.29) is 11.8 Å². The Morgan fingerprint density at radius 1 is 1.16 bits per heavy atom. The molecule has 1 saturated carbocycles. The molecule has 4 rings (SSSR count). The van der Waals surface area contributed by atoms with Crippen molar-refractivity contribution in [1.82, 2.24) is 15.1 Å². The molecule has 0 spiro atoms. The fourth-order valence-electron chi connectivity index (χ4n) is 3.08. The van der Waals surface area contributed by atoms with E-state index in [2.05, 4.69) is 22.3 Å². The third-order valence-corrected chi connectivity index (χ3v) is 5.83. The first-order valence-corrected chi connectivity index (χ1v) is 9.61. The number of thiophene rings is 1. The minimum atomic E-state index is -0.201. The smallest absolute Gasteiger partial charge is 0.317 e. The van der Waals surface area contributed by atoms with Crippen molar-refractivity contribution in [2.24, 2.45) is 0 Å². The molecule has 1 aromatic heterocycles. The molecule has 6 heteroatoms. The Labute approximate surface area is 151 Å². The van der Waals surface area contributed by atoms with Gasteiger partial charge in [0.2, 0.25) is 0 Å². The predicted molar refractivity (Wildman–Crippen MR) is 98.1 cm³/mol. The third-order valence-electron chi connectivity index (χ3n) is 4.71. The molecule has 1 N–H and O–H groups in total. The molecule has 1 aliphatic carbocycles. The third kappa shape index (κ3) is 4.19. The second kappa shape index (κ2) is 7.14. The average Bonchev–Trinajstić information content (AvgIpc) is 3.30. The van der Waals surface area contributed by atoms with Crippen LogP contribution in [0.1, 0.15) is 17.7 Å². The molecule has 1 aromatic carbocycles. The highest BCUT2D eigenvalue weighted by Crippen LogP contribution is 2.29. The second-order valence-electron chi connectivity index (χ2n) is 6.76. The molecular formula is C19H22FN3OS. The number of urea groups is 1. The van der Waals surface area contributed by atoms with Crippen molar-refractivity contribution in [3.05, 3.63) is 47.1 Å². The Bertz CT molecular complexity index is 751. The molecule has 2 amide bonds. The van der Waals surface area contributed by atoms with Crippen LogP contribution >= 0.6 is 11.3 Å². The van der Waals surface area contributed by atoms with Gasteiger partial charge in [0.25, 0.3) is 0 Å². The Kier molecular flexibility index (Phi) is 4.72. The standard InChI is InChI=1S/C19H22FN3OS/c20-15-3-1-2-14(12-15)18-7-6-17(25-18)13-22-8-10-23(11-9-22)19(24)21-16-4-5-16/h1-3,6-7,12,16H,4-5,8-11,13H2,(H,21,24). The number of rotatable bonds is 4. The summed E-state index contributed by atoms with van der Waals surface area (Å²) in [5.41, 5.74) is 0.929. The Morgan fingerprint density at radius 2 is 1.96 bits per heavy atom. The van der Waals surface area contributed by atoms with Crippen LogP contribution in [-0.4, -0.2) is 48.1 Å². The SMILES string of the molecule is O=C(NC1CC1)N1CCN(Cc2ccc(-c3cccc(F)c3)s2)CC1. The molecule has 2 aliphatic rings. The van der Waals surface area contributed by atoms with Crippen LogP contribution in [0.3, 0.4) is 0 Å². The van der Waals surface area contributed by atoms with E-state index in [0.29, 0.717) is 6.04 Å². The van der Waals surface area contributed by atoms with E-state index in [1.165, 1.54) is 10.9 Å². The topological polar surface area (TPSA) is 35.6 Å². The summed E-state index contributed by atoms with van der Waals surface area (Å²) < 4.78 is 13.4. The lowest BCUT2D eigenvalue weighted by molar-refractivity contribution is 0.135. The minimum Gasteiger partial charge on any atom is -0.335 e. The van der Waals surface area contributed by atoms with Crippen molar-refractivity contribution in [3.8, 4) is 10.4 Å². The first-order chi connectivity index (χ1) is 12.2. The zero-order chi connectivity index (χ0) is 17.2. The van der Waals surface area contributed by atoms with Crippen molar-refractivity contribution in [2.45, 2.75) is 25.4 Å². The van der Waals surface area contributed by atoms with Gasteiger partial charge >= 0.3 is 6.03 Å². The highest BCUT2D eigenvalue weighted by atomic mass is 32.1. The minimum absolute atomic E-state index is 0.0895. The maximum absolute atomic E-state index is 13.4. The number of hydrogen-bond donors (Lipinski definition) is 1. The van der Waals surface area contributed by atoms with Crippen LogP contribution in [0, 0.1) is 5.82 Å². The van der Waals surface area contributed by atoms with Gasteiger partial charge < -0.3 is 10.2 Å². The van der Waals surface area contributed by atoms with Gasteiger partial charge in [0.05, 0.1) is 0 Å². The Morgan fingerprint density at radius 3 is 2.68 bits per heavy atom. The van der Waals surface area contributed by atoms with Gasteiger partial charge in [0.15, 0.2) is 0 Å². The lowest BCUT2D eigenvalue weighted by atomic mass is 10.2. The molecule has 2 aromatic rings. The van der Waals surface area contributed by atoms with Crippen LogP contribution in [0.2, 0.25) is 0 Å². The molecule has 4 nitrogen and oxygen atoms in total. The lowest BCUT2D eigenvalue weighted by Gasteiger charge is -2.34. The van der Waals surface area contributed by atoms with Gasteiger partial charge in [0.1, 0.15) is 5.82 Å². The number of benzene rings is 1. The quantitative estimate of drug-likeness (QED) is 0.906. The predicted octanol–water partition coefficient (Wildman–Crippen LogP) is 3.54. The summed E-state index contributed by atoms with van der Waals surface area (Å²) >= 11 is 1.71. The summed E-state index contributed by atoms with van der Waals surface area (Å²) in [7, 11) is 0. The average molecular weight is 359 g/mol. The molecule has 25 heavy (non-hydrogen) atoms. The number of piperazine rings is 1. The molecular weight excluding hydrogens is 337 g/mol. The lowest BCUT2D eigenvalue weighted by Crippen LogP contribution is -2.51. The number of halogens is 1. The zero-order valence-corrected chi connectivity index (χ0v) is 14.9. The summed E-state index contributed by atoms with van der Waals surface area (Å²) in [6, 6.07) is 11.4. The maximum Gasteiger partial charge on any atom is 0.317 e. The second-order valence-corrected chi connectivity index (χ2v) is 7.93. The van der Waals surface area contributed by atoms with E-state index < -0.39 is 0 Å². The fourth-order valence-corrected chi connectivity index (χ4v) is 4.13.